The molecule has 3 nitrogen and oxygen atoms in total. The zero-order valence-electron chi connectivity index (χ0n) is 9.73. The third kappa shape index (κ3) is 4.40. The normalized spacial score (nSPS) is 14.9. The smallest absolute Gasteiger partial charge is 0.0693 e. The summed E-state index contributed by atoms with van der Waals surface area (Å²) in [5.41, 5.74) is 1.13. The molecule has 0 fully saturated rings. The molecule has 0 saturated carbocycles. The highest BCUT2D eigenvalue weighted by molar-refractivity contribution is 5.03. The Morgan fingerprint density at radius 2 is 2.20 bits per heavy atom. The van der Waals surface area contributed by atoms with Crippen molar-refractivity contribution >= 4 is 0 Å². The first-order valence-electron chi connectivity index (χ1n) is 5.40. The van der Waals surface area contributed by atoms with E-state index in [1.165, 1.54) is 0 Å². The van der Waals surface area contributed by atoms with E-state index < -0.39 is 0 Å². The van der Waals surface area contributed by atoms with E-state index >= 15 is 0 Å². The lowest BCUT2D eigenvalue weighted by atomic mass is 10.2. The minimum absolute atomic E-state index is 0.244. The van der Waals surface area contributed by atoms with E-state index in [4.69, 9.17) is 4.74 Å². The van der Waals surface area contributed by atoms with E-state index in [1.54, 1.807) is 7.11 Å². The highest BCUT2D eigenvalue weighted by Crippen LogP contribution is 1.97. The van der Waals surface area contributed by atoms with Crippen LogP contribution in [0.25, 0.3) is 0 Å². The van der Waals surface area contributed by atoms with Crippen LogP contribution in [0.4, 0.5) is 0 Å². The van der Waals surface area contributed by atoms with Crippen LogP contribution in [0.2, 0.25) is 0 Å². The molecule has 84 valence electrons. The van der Waals surface area contributed by atoms with Crippen molar-refractivity contribution < 1.29 is 4.74 Å². The first-order valence-corrected chi connectivity index (χ1v) is 5.40. The zero-order valence-corrected chi connectivity index (χ0v) is 9.73. The Hall–Kier alpha value is -0.930. The van der Waals surface area contributed by atoms with E-state index in [-0.39, 0.29) is 6.10 Å². The van der Waals surface area contributed by atoms with Crippen LogP contribution in [0, 0.1) is 0 Å². The maximum absolute atomic E-state index is 5.24. The second kappa shape index (κ2) is 6.53. The van der Waals surface area contributed by atoms with E-state index in [0.717, 1.165) is 18.7 Å². The Balaban J connectivity index is 2.22. The van der Waals surface area contributed by atoms with E-state index in [0.29, 0.717) is 6.04 Å². The molecule has 1 aromatic heterocycles. The van der Waals surface area contributed by atoms with Gasteiger partial charge < -0.3 is 10.1 Å². The molecule has 0 radical (unpaired) electrons. The van der Waals surface area contributed by atoms with Gasteiger partial charge in [-0.05, 0) is 26.0 Å². The molecule has 0 aliphatic heterocycles. The number of hydrogen-bond acceptors (Lipinski definition) is 3. The molecule has 1 heterocycles. The molecule has 0 aromatic carbocycles. The maximum atomic E-state index is 5.24. The molecule has 0 spiro atoms. The van der Waals surface area contributed by atoms with Crippen molar-refractivity contribution in [3.8, 4) is 0 Å². The minimum Gasteiger partial charge on any atom is -0.380 e. The SMILES string of the molecule is COC(C)C(C)NCCc1ccccn1. The number of pyridine rings is 1. The summed E-state index contributed by atoms with van der Waals surface area (Å²) in [7, 11) is 1.74. The van der Waals surface area contributed by atoms with Gasteiger partial charge in [0, 0.05) is 38.0 Å². The minimum atomic E-state index is 0.244. The molecule has 0 aliphatic carbocycles. The van der Waals surface area contributed by atoms with Crippen LogP contribution >= 0.6 is 0 Å². The fourth-order valence-corrected chi connectivity index (χ4v) is 1.34. The summed E-state index contributed by atoms with van der Waals surface area (Å²) < 4.78 is 5.24. The average molecular weight is 208 g/mol. The lowest BCUT2D eigenvalue weighted by Gasteiger charge is -2.19. The Kier molecular flexibility index (Phi) is 5.29. The summed E-state index contributed by atoms with van der Waals surface area (Å²) in [5.74, 6) is 0. The predicted octanol–water partition coefficient (Wildman–Crippen LogP) is 1.64. The lowest BCUT2D eigenvalue weighted by Crippen LogP contribution is -2.37. The summed E-state index contributed by atoms with van der Waals surface area (Å²) in [5, 5.41) is 3.42. The zero-order chi connectivity index (χ0) is 11.1. The standard InChI is InChI=1S/C12H20N2O/c1-10(11(2)15-3)13-9-7-12-6-4-5-8-14-12/h4-6,8,10-11,13H,7,9H2,1-3H3. The number of hydrogen-bond donors (Lipinski definition) is 1. The summed E-state index contributed by atoms with van der Waals surface area (Å²) in [6.07, 6.45) is 3.03. The third-order valence-electron chi connectivity index (χ3n) is 2.65. The average Bonchev–Trinajstić information content (AvgIpc) is 2.29. The van der Waals surface area contributed by atoms with Gasteiger partial charge >= 0.3 is 0 Å². The molecular weight excluding hydrogens is 188 g/mol. The first kappa shape index (κ1) is 12.1. The molecule has 1 aromatic rings. The van der Waals surface area contributed by atoms with Crippen molar-refractivity contribution in [1.82, 2.24) is 10.3 Å². The highest BCUT2D eigenvalue weighted by Gasteiger charge is 2.09. The van der Waals surface area contributed by atoms with Gasteiger partial charge in [0.15, 0.2) is 0 Å². The molecule has 0 bridgehead atoms. The molecule has 15 heavy (non-hydrogen) atoms. The maximum Gasteiger partial charge on any atom is 0.0693 e. The monoisotopic (exact) mass is 208 g/mol. The van der Waals surface area contributed by atoms with Gasteiger partial charge in [-0.3, -0.25) is 4.98 Å². The number of nitrogens with one attached hydrogen (secondary N) is 1. The molecule has 1 N–H and O–H groups in total. The summed E-state index contributed by atoms with van der Waals surface area (Å²) in [6, 6.07) is 6.38. The molecule has 2 unspecified atom stereocenters. The predicted molar refractivity (Wildman–Crippen MR) is 61.9 cm³/mol. The summed E-state index contributed by atoms with van der Waals surface area (Å²) in [6.45, 7) is 5.14. The van der Waals surface area contributed by atoms with Crippen molar-refractivity contribution in [3.05, 3.63) is 30.1 Å². The highest BCUT2D eigenvalue weighted by atomic mass is 16.5. The largest absolute Gasteiger partial charge is 0.380 e. The van der Waals surface area contributed by atoms with Crippen LogP contribution < -0.4 is 5.32 Å². The van der Waals surface area contributed by atoms with Crippen LogP contribution in [-0.4, -0.2) is 30.8 Å². The van der Waals surface area contributed by atoms with Crippen molar-refractivity contribution in [2.45, 2.75) is 32.4 Å². The van der Waals surface area contributed by atoms with E-state index in [9.17, 15) is 0 Å². The number of nitrogens with zero attached hydrogens (tertiary/aromatic N) is 1. The lowest BCUT2D eigenvalue weighted by molar-refractivity contribution is 0.0890. The Morgan fingerprint density at radius 3 is 2.80 bits per heavy atom. The quantitative estimate of drug-likeness (QED) is 0.771. The Bertz CT molecular complexity index is 264. The number of ether oxygens (including phenoxy) is 1. The topological polar surface area (TPSA) is 34.1 Å². The van der Waals surface area contributed by atoms with Crippen molar-refractivity contribution in [2.24, 2.45) is 0 Å². The molecular formula is C12H20N2O. The van der Waals surface area contributed by atoms with Gasteiger partial charge in [0.2, 0.25) is 0 Å². The first-order chi connectivity index (χ1) is 7.24. The molecule has 3 heteroatoms. The van der Waals surface area contributed by atoms with Crippen molar-refractivity contribution in [1.29, 1.82) is 0 Å². The van der Waals surface area contributed by atoms with Crippen LogP contribution in [-0.2, 0) is 11.2 Å². The second-order valence-corrected chi connectivity index (χ2v) is 3.75. The molecule has 1 rings (SSSR count). The number of methoxy groups -OCH3 is 1. The van der Waals surface area contributed by atoms with Gasteiger partial charge in [-0.2, -0.15) is 0 Å². The fraction of sp³-hybridized carbons (Fsp3) is 0.583. The van der Waals surface area contributed by atoms with Gasteiger partial charge in [0.05, 0.1) is 6.10 Å². The molecule has 2 atom stereocenters. The van der Waals surface area contributed by atoms with Crippen LogP contribution in [0.15, 0.2) is 24.4 Å². The van der Waals surface area contributed by atoms with Crippen LogP contribution in [0.5, 0.6) is 0 Å². The molecule has 0 saturated heterocycles. The van der Waals surface area contributed by atoms with Gasteiger partial charge in [-0.15, -0.1) is 0 Å². The van der Waals surface area contributed by atoms with Crippen LogP contribution in [0.3, 0.4) is 0 Å². The number of rotatable bonds is 6. The van der Waals surface area contributed by atoms with E-state index in [1.807, 2.05) is 24.4 Å². The van der Waals surface area contributed by atoms with Crippen molar-refractivity contribution in [3.63, 3.8) is 0 Å². The van der Waals surface area contributed by atoms with Gasteiger partial charge in [0.25, 0.3) is 0 Å². The summed E-state index contributed by atoms with van der Waals surface area (Å²) >= 11 is 0. The molecule has 0 aliphatic rings. The summed E-state index contributed by atoms with van der Waals surface area (Å²) in [4.78, 5) is 4.27. The van der Waals surface area contributed by atoms with Crippen molar-refractivity contribution in [2.75, 3.05) is 13.7 Å². The van der Waals surface area contributed by atoms with Gasteiger partial charge in [-0.25, -0.2) is 0 Å². The van der Waals surface area contributed by atoms with Gasteiger partial charge in [0.1, 0.15) is 0 Å². The Labute approximate surface area is 91.9 Å². The second-order valence-electron chi connectivity index (χ2n) is 3.75. The van der Waals surface area contributed by atoms with E-state index in [2.05, 4.69) is 24.1 Å². The van der Waals surface area contributed by atoms with Gasteiger partial charge in [-0.1, -0.05) is 6.07 Å². The fourth-order valence-electron chi connectivity index (χ4n) is 1.34. The molecule has 0 amide bonds. The third-order valence-corrected chi connectivity index (χ3v) is 2.65. The Morgan fingerprint density at radius 1 is 1.40 bits per heavy atom. The number of aromatic nitrogens is 1. The van der Waals surface area contributed by atoms with Crippen LogP contribution in [0.1, 0.15) is 19.5 Å².